The lowest BCUT2D eigenvalue weighted by Crippen LogP contribution is -2.35. The molecule has 2 aliphatic heterocycles. The summed E-state index contributed by atoms with van der Waals surface area (Å²) in [4.78, 5) is 23.8. The van der Waals surface area contributed by atoms with Gasteiger partial charge in [0.2, 0.25) is 0 Å². The second-order valence-electron chi connectivity index (χ2n) is 11.4. The van der Waals surface area contributed by atoms with Crippen molar-refractivity contribution in [3.8, 4) is 0 Å². The Kier molecular flexibility index (Phi) is 14.3. The van der Waals surface area contributed by atoms with Crippen LogP contribution in [0.2, 0.25) is 0 Å². The van der Waals surface area contributed by atoms with Gasteiger partial charge >= 0.3 is 5.97 Å². The number of carbonyl (C=O) groups excluding carboxylic acids is 1. The van der Waals surface area contributed by atoms with Gasteiger partial charge in [-0.05, 0) is 63.7 Å². The zero-order chi connectivity index (χ0) is 27.1. The van der Waals surface area contributed by atoms with Gasteiger partial charge in [-0.1, -0.05) is 51.2 Å². The van der Waals surface area contributed by atoms with Gasteiger partial charge in [0.25, 0.3) is 0 Å². The Morgan fingerprint density at radius 3 is 2.53 bits per heavy atom. The standard InChI is InChI=1S/C31H52O7/c1-2-3-4-9-13-19-31(36-22-23-37-31)20-18-26-25(15-10-7-5-6-8-11-16-29(33)34)27(32)24-28(26)38-30-17-12-14-21-35-30/h7,10,25-26,28,30H,2-6,8-9,11-24H2,1H3,(H,33,34)/t25-,26-,28-,30?/m1/s1. The van der Waals surface area contributed by atoms with Gasteiger partial charge in [0, 0.05) is 38.2 Å². The van der Waals surface area contributed by atoms with Crippen LogP contribution in [0.4, 0.5) is 0 Å². The summed E-state index contributed by atoms with van der Waals surface area (Å²) >= 11 is 0. The van der Waals surface area contributed by atoms with Crippen LogP contribution in [-0.4, -0.2) is 54.9 Å². The zero-order valence-corrected chi connectivity index (χ0v) is 23.7. The van der Waals surface area contributed by atoms with E-state index < -0.39 is 11.8 Å². The van der Waals surface area contributed by atoms with Crippen LogP contribution < -0.4 is 0 Å². The number of hydrogen-bond acceptors (Lipinski definition) is 6. The van der Waals surface area contributed by atoms with Crippen LogP contribution in [0, 0.1) is 11.8 Å². The number of ketones is 1. The first kappa shape index (κ1) is 31.3. The minimum absolute atomic E-state index is 0.0464. The third kappa shape index (κ3) is 10.7. The molecule has 0 aromatic rings. The molecule has 218 valence electrons. The SMILES string of the molecule is CCCCCCCC1(CC[C@H]2[C@H](OC3CCCCO3)CC(=O)[C@@H]2CC=CCCCCCC(=O)O)OCCO1. The molecule has 0 aromatic heterocycles. The zero-order valence-electron chi connectivity index (χ0n) is 23.7. The molecule has 0 aromatic carbocycles. The highest BCUT2D eigenvalue weighted by Crippen LogP contribution is 2.42. The molecule has 1 saturated carbocycles. The van der Waals surface area contributed by atoms with E-state index in [0.717, 1.165) is 83.7 Å². The van der Waals surface area contributed by atoms with Gasteiger partial charge in [-0.15, -0.1) is 0 Å². The summed E-state index contributed by atoms with van der Waals surface area (Å²) in [7, 11) is 0. The lowest BCUT2D eigenvalue weighted by molar-refractivity contribution is -0.201. The van der Waals surface area contributed by atoms with Gasteiger partial charge in [0.1, 0.15) is 5.78 Å². The number of allylic oxidation sites excluding steroid dienone is 2. The average Bonchev–Trinajstić information content (AvgIpc) is 3.49. The third-order valence-electron chi connectivity index (χ3n) is 8.43. The molecule has 3 rings (SSSR count). The number of carbonyl (C=O) groups is 2. The van der Waals surface area contributed by atoms with Crippen molar-refractivity contribution in [1.82, 2.24) is 0 Å². The molecule has 0 amide bonds. The van der Waals surface area contributed by atoms with Crippen LogP contribution in [0.5, 0.6) is 0 Å². The van der Waals surface area contributed by atoms with Crippen molar-refractivity contribution in [3.05, 3.63) is 12.2 Å². The van der Waals surface area contributed by atoms with Gasteiger partial charge in [-0.3, -0.25) is 9.59 Å². The Hall–Kier alpha value is -1.28. The van der Waals surface area contributed by atoms with E-state index in [9.17, 15) is 9.59 Å². The maximum absolute atomic E-state index is 13.2. The molecular weight excluding hydrogens is 484 g/mol. The number of Topliss-reactive ketones (excluding diaryl/α,β-unsaturated/α-hetero) is 1. The van der Waals surface area contributed by atoms with E-state index in [-0.39, 0.29) is 30.7 Å². The molecule has 1 unspecified atom stereocenters. The van der Waals surface area contributed by atoms with Gasteiger partial charge in [-0.2, -0.15) is 0 Å². The predicted octanol–water partition coefficient (Wildman–Crippen LogP) is 6.97. The number of aliphatic carboxylic acids is 1. The summed E-state index contributed by atoms with van der Waals surface area (Å²) in [5, 5.41) is 8.77. The Bertz CT molecular complexity index is 709. The molecule has 4 atom stereocenters. The first-order chi connectivity index (χ1) is 18.5. The fourth-order valence-electron chi connectivity index (χ4n) is 6.23. The van der Waals surface area contributed by atoms with E-state index in [1.165, 1.54) is 25.7 Å². The summed E-state index contributed by atoms with van der Waals surface area (Å²) in [6.07, 6.45) is 20.7. The van der Waals surface area contributed by atoms with Crippen LogP contribution in [-0.2, 0) is 28.5 Å². The maximum atomic E-state index is 13.2. The van der Waals surface area contributed by atoms with E-state index in [1.54, 1.807) is 0 Å². The summed E-state index contributed by atoms with van der Waals surface area (Å²) in [5.41, 5.74) is 0. The second-order valence-corrected chi connectivity index (χ2v) is 11.4. The van der Waals surface area contributed by atoms with Gasteiger partial charge in [0.05, 0.1) is 19.3 Å². The minimum Gasteiger partial charge on any atom is -0.481 e. The minimum atomic E-state index is -0.728. The number of carboxylic acids is 1. The number of ether oxygens (including phenoxy) is 4. The molecule has 0 bridgehead atoms. The summed E-state index contributed by atoms with van der Waals surface area (Å²) in [6.45, 7) is 4.26. The van der Waals surface area contributed by atoms with Crippen LogP contribution >= 0.6 is 0 Å². The first-order valence-electron chi connectivity index (χ1n) is 15.5. The molecule has 3 fully saturated rings. The monoisotopic (exact) mass is 536 g/mol. The molecule has 3 aliphatic rings. The quantitative estimate of drug-likeness (QED) is 0.141. The third-order valence-corrected chi connectivity index (χ3v) is 8.43. The molecular formula is C31H52O7. The molecule has 38 heavy (non-hydrogen) atoms. The van der Waals surface area contributed by atoms with E-state index in [2.05, 4.69) is 19.1 Å². The smallest absolute Gasteiger partial charge is 0.303 e. The number of unbranched alkanes of at least 4 members (excludes halogenated alkanes) is 7. The first-order valence-corrected chi connectivity index (χ1v) is 15.5. The van der Waals surface area contributed by atoms with Crippen molar-refractivity contribution in [3.63, 3.8) is 0 Å². The van der Waals surface area contributed by atoms with E-state index in [0.29, 0.717) is 25.4 Å². The highest BCUT2D eigenvalue weighted by atomic mass is 16.7. The van der Waals surface area contributed by atoms with Crippen molar-refractivity contribution < 1.29 is 33.6 Å². The van der Waals surface area contributed by atoms with Gasteiger partial charge in [0.15, 0.2) is 12.1 Å². The summed E-state index contributed by atoms with van der Waals surface area (Å²) < 4.78 is 24.7. The Morgan fingerprint density at radius 2 is 1.79 bits per heavy atom. The predicted molar refractivity (Wildman–Crippen MR) is 147 cm³/mol. The Labute approximate surface area is 230 Å². The van der Waals surface area contributed by atoms with Crippen molar-refractivity contribution in [2.45, 2.75) is 141 Å². The molecule has 1 N–H and O–H groups in total. The summed E-state index contributed by atoms with van der Waals surface area (Å²) in [5.74, 6) is -0.856. The van der Waals surface area contributed by atoms with Crippen LogP contribution in [0.25, 0.3) is 0 Å². The van der Waals surface area contributed by atoms with Crippen molar-refractivity contribution in [2.24, 2.45) is 11.8 Å². The Balaban J connectivity index is 1.55. The van der Waals surface area contributed by atoms with Crippen LogP contribution in [0.3, 0.4) is 0 Å². The highest BCUT2D eigenvalue weighted by Gasteiger charge is 2.45. The molecule has 0 spiro atoms. The van der Waals surface area contributed by atoms with Gasteiger partial charge < -0.3 is 24.1 Å². The number of hydrogen-bond donors (Lipinski definition) is 1. The fraction of sp³-hybridized carbons (Fsp3) is 0.871. The second kappa shape index (κ2) is 17.4. The van der Waals surface area contributed by atoms with E-state index >= 15 is 0 Å². The largest absolute Gasteiger partial charge is 0.481 e. The van der Waals surface area contributed by atoms with Crippen molar-refractivity contribution in [1.29, 1.82) is 0 Å². The van der Waals surface area contributed by atoms with Gasteiger partial charge in [-0.25, -0.2) is 0 Å². The molecule has 7 nitrogen and oxygen atoms in total. The molecule has 0 radical (unpaired) electrons. The lowest BCUT2D eigenvalue weighted by Gasteiger charge is -2.33. The maximum Gasteiger partial charge on any atom is 0.303 e. The average molecular weight is 537 g/mol. The fourth-order valence-corrected chi connectivity index (χ4v) is 6.23. The highest BCUT2D eigenvalue weighted by molar-refractivity contribution is 5.84. The number of carboxylic acid groups (broad SMARTS) is 1. The normalized spacial score (nSPS) is 27.4. The van der Waals surface area contributed by atoms with Crippen molar-refractivity contribution in [2.75, 3.05) is 19.8 Å². The lowest BCUT2D eigenvalue weighted by atomic mass is 9.85. The number of rotatable bonds is 19. The van der Waals surface area contributed by atoms with Crippen LogP contribution in [0.1, 0.15) is 122 Å². The topological polar surface area (TPSA) is 91.3 Å². The van der Waals surface area contributed by atoms with Crippen molar-refractivity contribution >= 4 is 11.8 Å². The molecule has 2 saturated heterocycles. The van der Waals surface area contributed by atoms with E-state index in [1.807, 2.05) is 0 Å². The van der Waals surface area contributed by atoms with E-state index in [4.69, 9.17) is 24.1 Å². The summed E-state index contributed by atoms with van der Waals surface area (Å²) in [6, 6.07) is 0. The van der Waals surface area contributed by atoms with Crippen LogP contribution in [0.15, 0.2) is 12.2 Å². The molecule has 7 heteroatoms. The molecule has 1 aliphatic carbocycles. The molecule has 2 heterocycles. The Morgan fingerprint density at radius 1 is 1.00 bits per heavy atom.